The molecule has 188 valence electrons. The monoisotopic (exact) mass is 539 g/mol. The molecule has 38 heavy (non-hydrogen) atoms. The average molecular weight is 540 g/mol. The summed E-state index contributed by atoms with van der Waals surface area (Å²) in [5.41, 5.74) is 7.95. The predicted octanol–water partition coefficient (Wildman–Crippen LogP) is 6.63. The molecule has 0 unspecified atom stereocenters. The zero-order valence-electron chi connectivity index (χ0n) is 20.7. The van der Waals surface area contributed by atoms with Gasteiger partial charge in [-0.25, -0.2) is 0 Å². The molecule has 2 atom stereocenters. The molecule has 2 bridgehead atoms. The second-order valence-electron chi connectivity index (χ2n) is 10.2. The summed E-state index contributed by atoms with van der Waals surface area (Å²) in [5, 5.41) is 6.52. The Kier molecular flexibility index (Phi) is 5.19. The first-order chi connectivity index (χ1) is 18.4. The van der Waals surface area contributed by atoms with Gasteiger partial charge in [-0.2, -0.15) is 10.1 Å². The Morgan fingerprint density at radius 1 is 0.763 bits per heavy atom. The lowest BCUT2D eigenvalue weighted by atomic mass is 9.55. The van der Waals surface area contributed by atoms with Crippen molar-refractivity contribution in [3.8, 4) is 5.69 Å². The number of amides is 2. The van der Waals surface area contributed by atoms with Crippen LogP contribution >= 0.6 is 23.2 Å². The highest BCUT2D eigenvalue weighted by molar-refractivity contribution is 6.43. The van der Waals surface area contributed by atoms with Crippen LogP contribution in [0.5, 0.6) is 0 Å². The number of benzene rings is 3. The van der Waals surface area contributed by atoms with Gasteiger partial charge in [0.1, 0.15) is 0 Å². The first-order valence-corrected chi connectivity index (χ1v) is 13.4. The lowest BCUT2D eigenvalue weighted by Gasteiger charge is -2.45. The fourth-order valence-corrected chi connectivity index (χ4v) is 7.23. The first kappa shape index (κ1) is 23.4. The van der Waals surface area contributed by atoms with E-state index in [4.69, 9.17) is 23.2 Å². The highest BCUT2D eigenvalue weighted by atomic mass is 35.5. The molecular weight excluding hydrogens is 517 g/mol. The van der Waals surface area contributed by atoms with E-state index in [1.165, 1.54) is 0 Å². The van der Waals surface area contributed by atoms with E-state index in [-0.39, 0.29) is 23.7 Å². The average Bonchev–Trinajstić information content (AvgIpc) is 3.35. The quantitative estimate of drug-likeness (QED) is 0.217. The number of carbonyl (C=O) groups is 2. The zero-order chi connectivity index (χ0) is 26.3. The van der Waals surface area contributed by atoms with E-state index < -0.39 is 11.8 Å². The van der Waals surface area contributed by atoms with Gasteiger partial charge >= 0.3 is 0 Å². The molecule has 7 heteroatoms. The molecule has 1 saturated heterocycles. The number of carbonyl (C=O) groups excluding carboxylic acids is 2. The molecule has 3 aliphatic carbocycles. The zero-order valence-corrected chi connectivity index (χ0v) is 22.2. The summed E-state index contributed by atoms with van der Waals surface area (Å²) in [5.74, 6) is -1.67. The van der Waals surface area contributed by atoms with E-state index >= 15 is 0 Å². The smallest absolute Gasteiger partial charge is 0.254 e. The Bertz CT molecular complexity index is 1590. The standard InChI is InChI=1S/C31H23Cl2N3O2/c1-16-14-18(17(2)35(16)24-13-7-12-23(32)29(24)33)15-34-36-30(37)27-25-19-8-3-4-9-20(19)26(28(27)31(36)38)22-11-6-5-10-21(22)25/h3-15,25-28H,1-2H3/b34-15-/t25?,26?,27-,28-/m0/s1. The minimum Gasteiger partial charge on any atom is -0.316 e. The summed E-state index contributed by atoms with van der Waals surface area (Å²) in [7, 11) is 0. The molecule has 3 aromatic carbocycles. The maximum Gasteiger partial charge on any atom is 0.254 e. The van der Waals surface area contributed by atoms with Crippen LogP contribution < -0.4 is 0 Å². The van der Waals surface area contributed by atoms with Crippen LogP contribution in [0.3, 0.4) is 0 Å². The number of hydrogen-bond acceptors (Lipinski definition) is 3. The van der Waals surface area contributed by atoms with E-state index in [1.807, 2.05) is 60.9 Å². The van der Waals surface area contributed by atoms with E-state index in [0.29, 0.717) is 10.0 Å². The molecule has 0 spiro atoms. The molecule has 2 heterocycles. The molecule has 8 rings (SSSR count). The van der Waals surface area contributed by atoms with Crippen molar-refractivity contribution in [2.75, 3.05) is 0 Å². The highest BCUT2D eigenvalue weighted by Crippen LogP contribution is 2.61. The SMILES string of the molecule is Cc1cc(/C=N\N2C(=O)[C@H]3C4c5ccccc5C(c5ccccc54)[C@@H]3C2=O)c(C)n1-c1cccc(Cl)c1Cl. The van der Waals surface area contributed by atoms with Crippen molar-refractivity contribution in [2.24, 2.45) is 16.9 Å². The maximum absolute atomic E-state index is 13.8. The summed E-state index contributed by atoms with van der Waals surface area (Å²) in [6.45, 7) is 3.92. The van der Waals surface area contributed by atoms with Gasteiger partial charge in [0.2, 0.25) is 0 Å². The van der Waals surface area contributed by atoms with Gasteiger partial charge in [-0.15, -0.1) is 0 Å². The van der Waals surface area contributed by atoms with Gasteiger partial charge in [0.15, 0.2) is 0 Å². The van der Waals surface area contributed by atoms with Crippen LogP contribution in [0.15, 0.2) is 77.9 Å². The molecule has 1 fully saturated rings. The summed E-state index contributed by atoms with van der Waals surface area (Å²) in [4.78, 5) is 27.6. The molecular formula is C31H23Cl2N3O2. The Labute approximate surface area is 230 Å². The lowest BCUT2D eigenvalue weighted by molar-refractivity contribution is -0.139. The molecule has 1 aliphatic heterocycles. The second-order valence-corrected chi connectivity index (χ2v) is 11.0. The summed E-state index contributed by atoms with van der Waals surface area (Å²) >= 11 is 12.8. The third-order valence-electron chi connectivity index (χ3n) is 8.38. The first-order valence-electron chi connectivity index (χ1n) is 12.6. The number of halogens is 2. The largest absolute Gasteiger partial charge is 0.316 e. The highest BCUT2D eigenvalue weighted by Gasteiger charge is 2.61. The summed E-state index contributed by atoms with van der Waals surface area (Å²) < 4.78 is 2.00. The van der Waals surface area contributed by atoms with Crippen molar-refractivity contribution >= 4 is 41.2 Å². The third-order valence-corrected chi connectivity index (χ3v) is 9.19. The Morgan fingerprint density at radius 2 is 1.29 bits per heavy atom. The lowest BCUT2D eigenvalue weighted by Crippen LogP contribution is -2.41. The van der Waals surface area contributed by atoms with E-state index in [1.54, 1.807) is 12.3 Å². The van der Waals surface area contributed by atoms with Gasteiger partial charge in [-0.1, -0.05) is 77.8 Å². The maximum atomic E-state index is 13.8. The van der Waals surface area contributed by atoms with Crippen LogP contribution in [0, 0.1) is 25.7 Å². The number of imide groups is 1. The van der Waals surface area contributed by atoms with Gasteiger partial charge < -0.3 is 4.57 Å². The minimum absolute atomic E-state index is 0.149. The van der Waals surface area contributed by atoms with Crippen molar-refractivity contribution in [1.29, 1.82) is 0 Å². The number of aromatic nitrogens is 1. The molecule has 0 saturated carbocycles. The second kappa shape index (κ2) is 8.42. The van der Waals surface area contributed by atoms with Crippen molar-refractivity contribution in [1.82, 2.24) is 9.58 Å². The van der Waals surface area contributed by atoms with Crippen LogP contribution in [0.4, 0.5) is 0 Å². The number of hydrogen-bond donors (Lipinski definition) is 0. The van der Waals surface area contributed by atoms with Crippen molar-refractivity contribution in [2.45, 2.75) is 25.7 Å². The van der Waals surface area contributed by atoms with E-state index in [9.17, 15) is 9.59 Å². The topological polar surface area (TPSA) is 54.7 Å². The summed E-state index contributed by atoms with van der Waals surface area (Å²) in [6.07, 6.45) is 1.60. The molecule has 5 nitrogen and oxygen atoms in total. The van der Waals surface area contributed by atoms with E-state index in [2.05, 4.69) is 29.4 Å². The van der Waals surface area contributed by atoms with Gasteiger partial charge in [-0.3, -0.25) is 9.59 Å². The van der Waals surface area contributed by atoms with Crippen LogP contribution in [-0.4, -0.2) is 27.6 Å². The van der Waals surface area contributed by atoms with Crippen LogP contribution in [0.25, 0.3) is 5.69 Å². The molecule has 1 aromatic heterocycles. The minimum atomic E-state index is -0.452. The van der Waals surface area contributed by atoms with Gasteiger partial charge in [0, 0.05) is 28.8 Å². The Morgan fingerprint density at radius 3 is 1.82 bits per heavy atom. The Balaban J connectivity index is 1.27. The fraction of sp³-hybridized carbons (Fsp3) is 0.194. The number of rotatable bonds is 3. The Hall–Kier alpha value is -3.67. The molecule has 0 radical (unpaired) electrons. The molecule has 2 amide bonds. The molecule has 4 aliphatic rings. The van der Waals surface area contributed by atoms with Crippen LogP contribution in [0.2, 0.25) is 10.0 Å². The molecule has 0 N–H and O–H groups in total. The van der Waals surface area contributed by atoms with Gasteiger partial charge in [-0.05, 0) is 54.3 Å². The van der Waals surface area contributed by atoms with Crippen molar-refractivity contribution in [3.05, 3.63) is 122 Å². The number of aryl methyl sites for hydroxylation is 1. The predicted molar refractivity (Wildman–Crippen MR) is 148 cm³/mol. The van der Waals surface area contributed by atoms with Crippen LogP contribution in [-0.2, 0) is 9.59 Å². The number of hydrazone groups is 1. The number of nitrogens with zero attached hydrogens (tertiary/aromatic N) is 3. The third kappa shape index (κ3) is 3.09. The van der Waals surface area contributed by atoms with Gasteiger partial charge in [0.25, 0.3) is 11.8 Å². The summed E-state index contributed by atoms with van der Waals surface area (Å²) in [6, 6.07) is 23.9. The molecule has 4 aromatic rings. The normalized spacial score (nSPS) is 23.2. The van der Waals surface area contributed by atoms with Crippen molar-refractivity contribution in [3.63, 3.8) is 0 Å². The van der Waals surface area contributed by atoms with E-state index in [0.717, 1.165) is 49.9 Å². The van der Waals surface area contributed by atoms with Crippen LogP contribution in [0.1, 0.15) is 51.0 Å². The van der Waals surface area contributed by atoms with Gasteiger partial charge in [0.05, 0.1) is 33.8 Å². The fourth-order valence-electron chi connectivity index (χ4n) is 6.85. The van der Waals surface area contributed by atoms with Crippen molar-refractivity contribution < 1.29 is 9.59 Å².